The smallest absolute Gasteiger partial charge is 0.241 e. The lowest BCUT2D eigenvalue weighted by Crippen LogP contribution is -2.35. The van der Waals surface area contributed by atoms with Gasteiger partial charge in [0.25, 0.3) is 0 Å². The second-order valence-corrected chi connectivity index (χ2v) is 7.35. The molecule has 0 spiro atoms. The molecule has 1 aromatic heterocycles. The van der Waals surface area contributed by atoms with E-state index in [2.05, 4.69) is 46.5 Å². The lowest BCUT2D eigenvalue weighted by molar-refractivity contribution is -0.121. The van der Waals surface area contributed by atoms with Crippen molar-refractivity contribution in [2.24, 2.45) is 0 Å². The van der Waals surface area contributed by atoms with E-state index in [0.717, 1.165) is 30.5 Å². The molecule has 3 aromatic rings. The van der Waals surface area contributed by atoms with Crippen molar-refractivity contribution >= 4 is 16.8 Å². The van der Waals surface area contributed by atoms with Crippen molar-refractivity contribution in [2.75, 3.05) is 26.2 Å². The Labute approximate surface area is 160 Å². The van der Waals surface area contributed by atoms with Gasteiger partial charge in [0.1, 0.15) is 6.54 Å². The minimum atomic E-state index is 0.0125. The number of para-hydroxylation sites is 1. The van der Waals surface area contributed by atoms with Gasteiger partial charge in [0.2, 0.25) is 5.91 Å². The molecule has 1 amide bonds. The summed E-state index contributed by atoms with van der Waals surface area (Å²) in [5.41, 5.74) is 3.84. The molecular weight excluding hydrogens is 336 g/mol. The van der Waals surface area contributed by atoms with Crippen LogP contribution >= 0.6 is 0 Å². The van der Waals surface area contributed by atoms with Crippen molar-refractivity contribution in [3.63, 3.8) is 0 Å². The second-order valence-electron chi connectivity index (χ2n) is 7.35. The lowest BCUT2D eigenvalue weighted by Gasteiger charge is -2.17. The summed E-state index contributed by atoms with van der Waals surface area (Å²) in [6.07, 6.45) is 3.00. The van der Waals surface area contributed by atoms with Crippen molar-refractivity contribution in [2.45, 2.75) is 25.8 Å². The van der Waals surface area contributed by atoms with Crippen LogP contribution in [-0.2, 0) is 11.3 Å². The monoisotopic (exact) mass is 362 g/mol. The average Bonchev–Trinajstić information content (AvgIpc) is 3.30. The third-order valence-electron chi connectivity index (χ3n) is 5.50. The van der Waals surface area contributed by atoms with Gasteiger partial charge in [0.15, 0.2) is 0 Å². The molecule has 0 saturated carbocycles. The fourth-order valence-corrected chi connectivity index (χ4v) is 4.03. The highest BCUT2D eigenvalue weighted by Gasteiger charge is 2.24. The number of rotatable bonds is 6. The van der Waals surface area contributed by atoms with Crippen molar-refractivity contribution in [1.29, 1.82) is 0 Å². The molecule has 1 N–H and O–H groups in total. The highest BCUT2D eigenvalue weighted by Crippen LogP contribution is 2.28. The van der Waals surface area contributed by atoms with Crippen molar-refractivity contribution in [3.05, 3.63) is 65.9 Å². The highest BCUT2D eigenvalue weighted by atomic mass is 16.2. The molecule has 1 atom stereocenters. The van der Waals surface area contributed by atoms with Gasteiger partial charge in [0, 0.05) is 25.0 Å². The zero-order valence-corrected chi connectivity index (χ0v) is 15.8. The summed E-state index contributed by atoms with van der Waals surface area (Å²) < 4.78 is 1.76. The molecule has 140 valence electrons. The first-order valence-corrected chi connectivity index (χ1v) is 9.66. The van der Waals surface area contributed by atoms with E-state index >= 15 is 0 Å². The molecule has 0 aliphatic carbocycles. The lowest BCUT2D eigenvalue weighted by atomic mass is 9.94. The Kier molecular flexibility index (Phi) is 5.21. The van der Waals surface area contributed by atoms with Crippen LogP contribution in [0.4, 0.5) is 0 Å². The topological polar surface area (TPSA) is 50.2 Å². The molecule has 0 bridgehead atoms. The third-order valence-corrected chi connectivity index (χ3v) is 5.50. The number of carbonyl (C=O) groups is 1. The molecule has 1 saturated heterocycles. The Balaban J connectivity index is 1.24. The van der Waals surface area contributed by atoms with Crippen molar-refractivity contribution in [3.8, 4) is 0 Å². The highest BCUT2D eigenvalue weighted by molar-refractivity contribution is 5.81. The first-order chi connectivity index (χ1) is 13.2. The van der Waals surface area contributed by atoms with Crippen LogP contribution in [0.1, 0.15) is 23.5 Å². The molecule has 27 heavy (non-hydrogen) atoms. The summed E-state index contributed by atoms with van der Waals surface area (Å²) in [4.78, 5) is 14.7. The number of hydrogen-bond acceptors (Lipinski definition) is 3. The molecule has 4 rings (SSSR count). The summed E-state index contributed by atoms with van der Waals surface area (Å²) in [5.74, 6) is 0.621. The van der Waals surface area contributed by atoms with Gasteiger partial charge in [0.05, 0.1) is 11.7 Å². The Morgan fingerprint density at radius 2 is 2.00 bits per heavy atom. The van der Waals surface area contributed by atoms with Crippen LogP contribution in [0.3, 0.4) is 0 Å². The molecule has 0 radical (unpaired) electrons. The van der Waals surface area contributed by atoms with Crippen LogP contribution in [0.15, 0.2) is 54.7 Å². The number of carbonyl (C=O) groups excluding carboxylic acids is 1. The van der Waals surface area contributed by atoms with Crippen LogP contribution in [0.25, 0.3) is 10.9 Å². The molecule has 5 heteroatoms. The fraction of sp³-hybridized carbons (Fsp3) is 0.364. The second kappa shape index (κ2) is 7.92. The van der Waals surface area contributed by atoms with Crippen LogP contribution < -0.4 is 5.32 Å². The van der Waals surface area contributed by atoms with E-state index in [0.29, 0.717) is 12.5 Å². The molecule has 2 aromatic carbocycles. The van der Waals surface area contributed by atoms with Crippen LogP contribution in [0, 0.1) is 6.92 Å². The number of nitrogens with one attached hydrogen (secondary N) is 1. The van der Waals surface area contributed by atoms with Gasteiger partial charge in [-0.25, -0.2) is 0 Å². The predicted molar refractivity (Wildman–Crippen MR) is 108 cm³/mol. The number of hydrogen-bond donors (Lipinski definition) is 1. The molecule has 1 aliphatic heterocycles. The zero-order valence-electron chi connectivity index (χ0n) is 15.8. The summed E-state index contributed by atoms with van der Waals surface area (Å²) in [5, 5.41) is 8.41. The van der Waals surface area contributed by atoms with Gasteiger partial charge in [-0.05, 0) is 43.0 Å². The standard InChI is InChI=1S/C22H26N4O/c1-17-6-2-4-8-20(17)19-10-12-25(15-19)13-11-23-22(27)16-26-21-9-5-3-7-18(21)14-24-26/h2-9,14,19H,10-13,15-16H2,1H3,(H,23,27). The Morgan fingerprint density at radius 1 is 1.19 bits per heavy atom. The Bertz CT molecular complexity index is 933. The molecular formula is C22H26N4O. The van der Waals surface area contributed by atoms with E-state index in [-0.39, 0.29) is 12.5 Å². The van der Waals surface area contributed by atoms with Gasteiger partial charge in [-0.2, -0.15) is 5.10 Å². The maximum absolute atomic E-state index is 12.3. The van der Waals surface area contributed by atoms with Crippen molar-refractivity contribution in [1.82, 2.24) is 20.0 Å². The normalized spacial score (nSPS) is 17.4. The number of aromatic nitrogens is 2. The maximum atomic E-state index is 12.3. The molecule has 5 nitrogen and oxygen atoms in total. The average molecular weight is 362 g/mol. The van der Waals surface area contributed by atoms with E-state index in [4.69, 9.17) is 0 Å². The van der Waals surface area contributed by atoms with Gasteiger partial charge in [-0.3, -0.25) is 9.48 Å². The van der Waals surface area contributed by atoms with Gasteiger partial charge >= 0.3 is 0 Å². The van der Waals surface area contributed by atoms with Crippen LogP contribution in [-0.4, -0.2) is 46.8 Å². The number of amides is 1. The zero-order chi connectivity index (χ0) is 18.6. The van der Waals surface area contributed by atoms with E-state index < -0.39 is 0 Å². The summed E-state index contributed by atoms with van der Waals surface area (Å²) >= 11 is 0. The van der Waals surface area contributed by atoms with Gasteiger partial charge < -0.3 is 10.2 Å². The minimum absolute atomic E-state index is 0.0125. The van der Waals surface area contributed by atoms with E-state index in [1.54, 1.807) is 10.9 Å². The summed E-state index contributed by atoms with van der Waals surface area (Å²) in [6.45, 7) is 6.20. The molecule has 2 heterocycles. The quantitative estimate of drug-likeness (QED) is 0.733. The largest absolute Gasteiger partial charge is 0.353 e. The Morgan fingerprint density at radius 3 is 2.89 bits per heavy atom. The SMILES string of the molecule is Cc1ccccc1C1CCN(CCNC(=O)Cn2ncc3ccccc32)C1. The van der Waals surface area contributed by atoms with Gasteiger partial charge in [-0.1, -0.05) is 42.5 Å². The van der Waals surface area contributed by atoms with E-state index in [1.807, 2.05) is 24.3 Å². The number of benzene rings is 2. The summed E-state index contributed by atoms with van der Waals surface area (Å²) in [6, 6.07) is 16.6. The summed E-state index contributed by atoms with van der Waals surface area (Å²) in [7, 11) is 0. The first kappa shape index (κ1) is 17.7. The predicted octanol–water partition coefficient (Wildman–Crippen LogP) is 2.95. The number of nitrogens with zero attached hydrogens (tertiary/aromatic N) is 3. The fourth-order valence-electron chi connectivity index (χ4n) is 4.03. The minimum Gasteiger partial charge on any atom is -0.353 e. The molecule has 1 aliphatic rings. The van der Waals surface area contributed by atoms with E-state index in [1.165, 1.54) is 17.5 Å². The molecule has 1 unspecified atom stereocenters. The van der Waals surface area contributed by atoms with Crippen LogP contribution in [0.5, 0.6) is 0 Å². The number of fused-ring (bicyclic) bond motifs is 1. The number of likely N-dealkylation sites (tertiary alicyclic amines) is 1. The third kappa shape index (κ3) is 4.03. The maximum Gasteiger partial charge on any atom is 0.241 e. The van der Waals surface area contributed by atoms with Gasteiger partial charge in [-0.15, -0.1) is 0 Å². The van der Waals surface area contributed by atoms with Crippen molar-refractivity contribution < 1.29 is 4.79 Å². The Hall–Kier alpha value is -2.66. The first-order valence-electron chi connectivity index (χ1n) is 9.66. The van der Waals surface area contributed by atoms with E-state index in [9.17, 15) is 4.79 Å². The molecule has 1 fully saturated rings. The number of aryl methyl sites for hydroxylation is 1. The van der Waals surface area contributed by atoms with Crippen LogP contribution in [0.2, 0.25) is 0 Å².